The Morgan fingerprint density at radius 2 is 2.19 bits per heavy atom. The number of amides is 1. The van der Waals surface area contributed by atoms with Gasteiger partial charge in [0.25, 0.3) is 0 Å². The van der Waals surface area contributed by atoms with Crippen molar-refractivity contribution in [1.82, 2.24) is 10.2 Å². The number of carbonyl (C=O) groups is 1. The number of carbonyl (C=O) groups excluding carboxylic acids is 1. The lowest BCUT2D eigenvalue weighted by molar-refractivity contribution is -0.121. The third kappa shape index (κ3) is 5.50. The maximum atomic E-state index is 11.9. The Balaban J connectivity index is 1.62. The first-order valence-corrected chi connectivity index (χ1v) is 8.15. The van der Waals surface area contributed by atoms with E-state index in [0.717, 1.165) is 25.3 Å². The third-order valence-corrected chi connectivity index (χ3v) is 4.48. The summed E-state index contributed by atoms with van der Waals surface area (Å²) in [5.41, 5.74) is 2.55. The molecule has 1 amide bonds. The van der Waals surface area contributed by atoms with Gasteiger partial charge in [-0.2, -0.15) is 0 Å². The van der Waals surface area contributed by atoms with Crippen molar-refractivity contribution in [2.24, 2.45) is 5.92 Å². The number of nitrogens with zero attached hydrogens (tertiary/aromatic N) is 1. The number of piperidine rings is 1. The Morgan fingerprint density at radius 1 is 1.38 bits per heavy atom. The van der Waals surface area contributed by atoms with Gasteiger partial charge in [-0.05, 0) is 63.2 Å². The van der Waals surface area contributed by atoms with Crippen LogP contribution >= 0.6 is 0 Å². The zero-order valence-electron chi connectivity index (χ0n) is 13.4. The van der Waals surface area contributed by atoms with Crippen molar-refractivity contribution < 1.29 is 4.79 Å². The molecule has 0 bridgehead atoms. The van der Waals surface area contributed by atoms with Crippen LogP contribution in [0.15, 0.2) is 24.3 Å². The first kappa shape index (κ1) is 16.0. The molecule has 1 N–H and O–H groups in total. The van der Waals surface area contributed by atoms with Crippen molar-refractivity contribution in [2.45, 2.75) is 39.0 Å². The highest BCUT2D eigenvalue weighted by molar-refractivity contribution is 5.76. The van der Waals surface area contributed by atoms with Crippen molar-refractivity contribution >= 4 is 5.91 Å². The Labute approximate surface area is 128 Å². The number of hydrogen-bond donors (Lipinski definition) is 1. The van der Waals surface area contributed by atoms with Gasteiger partial charge in [0, 0.05) is 19.5 Å². The van der Waals surface area contributed by atoms with E-state index >= 15 is 0 Å². The number of rotatable bonds is 6. The van der Waals surface area contributed by atoms with E-state index in [-0.39, 0.29) is 5.91 Å². The van der Waals surface area contributed by atoms with Gasteiger partial charge in [-0.25, -0.2) is 0 Å². The average Bonchev–Trinajstić information content (AvgIpc) is 2.46. The van der Waals surface area contributed by atoms with Crippen LogP contribution < -0.4 is 5.32 Å². The van der Waals surface area contributed by atoms with Gasteiger partial charge in [0.05, 0.1) is 0 Å². The first-order valence-electron chi connectivity index (χ1n) is 8.15. The van der Waals surface area contributed by atoms with Crippen LogP contribution in [0, 0.1) is 12.8 Å². The van der Waals surface area contributed by atoms with Crippen molar-refractivity contribution in [3.8, 4) is 0 Å². The average molecular weight is 288 g/mol. The van der Waals surface area contributed by atoms with Crippen LogP contribution in [0.25, 0.3) is 0 Å². The summed E-state index contributed by atoms with van der Waals surface area (Å²) in [5, 5.41) is 3.08. The summed E-state index contributed by atoms with van der Waals surface area (Å²) in [7, 11) is 2.19. The van der Waals surface area contributed by atoms with Gasteiger partial charge >= 0.3 is 0 Å². The lowest BCUT2D eigenvalue weighted by Gasteiger charge is -2.29. The lowest BCUT2D eigenvalue weighted by Crippen LogP contribution is -2.34. The number of benzene rings is 1. The second kappa shape index (κ2) is 8.18. The van der Waals surface area contributed by atoms with Gasteiger partial charge in [-0.15, -0.1) is 0 Å². The highest BCUT2D eigenvalue weighted by Crippen LogP contribution is 2.17. The molecule has 0 unspecified atom stereocenters. The van der Waals surface area contributed by atoms with E-state index in [1.54, 1.807) is 0 Å². The lowest BCUT2D eigenvalue weighted by atomic mass is 9.95. The molecule has 0 aromatic heterocycles. The van der Waals surface area contributed by atoms with Gasteiger partial charge in [-0.3, -0.25) is 4.79 Å². The largest absolute Gasteiger partial charge is 0.356 e. The van der Waals surface area contributed by atoms with Crippen molar-refractivity contribution in [2.75, 3.05) is 26.7 Å². The Hall–Kier alpha value is -1.35. The normalized spacial score (nSPS) is 19.4. The van der Waals surface area contributed by atoms with Crippen LogP contribution in [0.1, 0.15) is 36.8 Å². The number of nitrogens with one attached hydrogen (secondary N) is 1. The molecular weight excluding hydrogens is 260 g/mol. The van der Waals surface area contributed by atoms with E-state index in [9.17, 15) is 4.79 Å². The van der Waals surface area contributed by atoms with Crippen LogP contribution in [0.3, 0.4) is 0 Å². The molecule has 1 fully saturated rings. The van der Waals surface area contributed by atoms with E-state index in [1.165, 1.54) is 37.1 Å². The number of hydrogen-bond acceptors (Lipinski definition) is 2. The van der Waals surface area contributed by atoms with E-state index in [4.69, 9.17) is 0 Å². The molecule has 1 aromatic carbocycles. The zero-order chi connectivity index (χ0) is 15.1. The van der Waals surface area contributed by atoms with E-state index in [1.807, 2.05) is 12.1 Å². The standard InChI is InChI=1S/C18H28N2O/c1-15-6-3-4-8-17(15)9-10-18(21)19-12-11-16-7-5-13-20(2)14-16/h3-4,6,8,16H,5,7,9-14H2,1-2H3,(H,19,21)/t16-/m0/s1. The quantitative estimate of drug-likeness (QED) is 0.873. The van der Waals surface area contributed by atoms with E-state index in [0.29, 0.717) is 6.42 Å². The summed E-state index contributed by atoms with van der Waals surface area (Å²) in [6.45, 7) is 5.33. The smallest absolute Gasteiger partial charge is 0.220 e. The summed E-state index contributed by atoms with van der Waals surface area (Å²) < 4.78 is 0. The monoisotopic (exact) mass is 288 g/mol. The second-order valence-corrected chi connectivity index (χ2v) is 6.34. The predicted octanol–water partition coefficient (Wildman–Crippen LogP) is 2.78. The molecular formula is C18H28N2O. The summed E-state index contributed by atoms with van der Waals surface area (Å²) in [6.07, 6.45) is 5.15. The Kier molecular flexibility index (Phi) is 6.24. The third-order valence-electron chi connectivity index (χ3n) is 4.48. The molecule has 1 saturated heterocycles. The van der Waals surface area contributed by atoms with Crippen molar-refractivity contribution in [3.63, 3.8) is 0 Å². The molecule has 1 aromatic rings. The molecule has 2 rings (SSSR count). The maximum Gasteiger partial charge on any atom is 0.220 e. The molecule has 21 heavy (non-hydrogen) atoms. The predicted molar refractivity (Wildman–Crippen MR) is 87.3 cm³/mol. The van der Waals surface area contributed by atoms with Gasteiger partial charge in [0.1, 0.15) is 0 Å². The molecule has 0 spiro atoms. The molecule has 3 heteroatoms. The van der Waals surface area contributed by atoms with E-state index < -0.39 is 0 Å². The highest BCUT2D eigenvalue weighted by atomic mass is 16.1. The molecule has 116 valence electrons. The molecule has 0 aliphatic carbocycles. The second-order valence-electron chi connectivity index (χ2n) is 6.34. The zero-order valence-corrected chi connectivity index (χ0v) is 13.4. The molecule has 1 aliphatic heterocycles. The number of aryl methyl sites for hydroxylation is 2. The Morgan fingerprint density at radius 3 is 2.95 bits per heavy atom. The van der Waals surface area contributed by atoms with Gasteiger partial charge in [0.2, 0.25) is 5.91 Å². The topological polar surface area (TPSA) is 32.3 Å². The van der Waals surface area contributed by atoms with E-state index in [2.05, 4.69) is 36.3 Å². The van der Waals surface area contributed by atoms with Gasteiger partial charge < -0.3 is 10.2 Å². The fourth-order valence-corrected chi connectivity index (χ4v) is 3.15. The van der Waals surface area contributed by atoms with Crippen LogP contribution in [0.2, 0.25) is 0 Å². The summed E-state index contributed by atoms with van der Waals surface area (Å²) in [6, 6.07) is 8.30. The maximum absolute atomic E-state index is 11.9. The van der Waals surface area contributed by atoms with Crippen LogP contribution in [-0.2, 0) is 11.2 Å². The summed E-state index contributed by atoms with van der Waals surface area (Å²) in [4.78, 5) is 14.3. The number of likely N-dealkylation sites (tertiary alicyclic amines) is 1. The summed E-state index contributed by atoms with van der Waals surface area (Å²) >= 11 is 0. The van der Waals surface area contributed by atoms with Crippen LogP contribution in [-0.4, -0.2) is 37.5 Å². The van der Waals surface area contributed by atoms with Crippen molar-refractivity contribution in [1.29, 1.82) is 0 Å². The fraction of sp³-hybridized carbons (Fsp3) is 0.611. The van der Waals surface area contributed by atoms with Gasteiger partial charge in [-0.1, -0.05) is 24.3 Å². The highest BCUT2D eigenvalue weighted by Gasteiger charge is 2.16. The molecule has 1 atom stereocenters. The summed E-state index contributed by atoms with van der Waals surface area (Å²) in [5.74, 6) is 0.933. The molecule has 0 saturated carbocycles. The van der Waals surface area contributed by atoms with Gasteiger partial charge in [0.15, 0.2) is 0 Å². The van der Waals surface area contributed by atoms with Crippen LogP contribution in [0.5, 0.6) is 0 Å². The minimum atomic E-state index is 0.183. The minimum absolute atomic E-state index is 0.183. The fourth-order valence-electron chi connectivity index (χ4n) is 3.15. The molecule has 1 aliphatic rings. The van der Waals surface area contributed by atoms with Crippen molar-refractivity contribution in [3.05, 3.63) is 35.4 Å². The Bertz CT molecular complexity index is 458. The van der Waals surface area contributed by atoms with Crippen LogP contribution in [0.4, 0.5) is 0 Å². The molecule has 0 radical (unpaired) electrons. The molecule has 3 nitrogen and oxygen atoms in total. The first-order chi connectivity index (χ1) is 10.1. The SMILES string of the molecule is Cc1ccccc1CCC(=O)NCC[C@@H]1CCCN(C)C1. The minimum Gasteiger partial charge on any atom is -0.356 e. The molecule has 1 heterocycles.